The van der Waals surface area contributed by atoms with E-state index in [9.17, 15) is 9.59 Å². The zero-order valence-electron chi connectivity index (χ0n) is 9.28. The first kappa shape index (κ1) is 11.4. The fourth-order valence-corrected chi connectivity index (χ4v) is 1.31. The van der Waals surface area contributed by atoms with Crippen LogP contribution in [0.1, 0.15) is 19.4 Å². The van der Waals surface area contributed by atoms with Crippen molar-refractivity contribution in [3.8, 4) is 0 Å². The maximum absolute atomic E-state index is 11.4. The largest absolute Gasteiger partial charge is 0.309 e. The maximum atomic E-state index is 11.4. The molecule has 1 aromatic rings. The van der Waals surface area contributed by atoms with Crippen LogP contribution in [-0.2, 0) is 16.0 Å². The van der Waals surface area contributed by atoms with Crippen molar-refractivity contribution in [2.24, 2.45) is 0 Å². The maximum Gasteiger partial charge on any atom is 0.293 e. The molecule has 0 heterocycles. The van der Waals surface area contributed by atoms with Gasteiger partial charge in [0.05, 0.1) is 0 Å². The van der Waals surface area contributed by atoms with Gasteiger partial charge in [0, 0.05) is 19.7 Å². The van der Waals surface area contributed by atoms with Gasteiger partial charge < -0.3 is 4.90 Å². The fourth-order valence-electron chi connectivity index (χ4n) is 1.31. The second kappa shape index (κ2) is 4.73. The van der Waals surface area contributed by atoms with Crippen molar-refractivity contribution < 1.29 is 9.59 Å². The monoisotopic (exact) mass is 205 g/mol. The summed E-state index contributed by atoms with van der Waals surface area (Å²) < 4.78 is 0. The van der Waals surface area contributed by atoms with E-state index in [1.165, 1.54) is 17.4 Å². The van der Waals surface area contributed by atoms with E-state index >= 15 is 0 Å². The summed E-state index contributed by atoms with van der Waals surface area (Å²) in [5, 5.41) is 0. The number of aryl methyl sites for hydroxylation is 1. The third kappa shape index (κ3) is 2.65. The van der Waals surface area contributed by atoms with Crippen LogP contribution in [0, 0.1) is 0 Å². The summed E-state index contributed by atoms with van der Waals surface area (Å²) in [5.74, 6) is -0.934. The van der Waals surface area contributed by atoms with Gasteiger partial charge in [0.25, 0.3) is 5.91 Å². The average Bonchev–Trinajstić information content (AvgIpc) is 2.27. The van der Waals surface area contributed by atoms with Gasteiger partial charge in [-0.1, -0.05) is 19.1 Å². The van der Waals surface area contributed by atoms with E-state index in [-0.39, 0.29) is 0 Å². The van der Waals surface area contributed by atoms with Gasteiger partial charge in [0.15, 0.2) is 0 Å². The zero-order valence-corrected chi connectivity index (χ0v) is 9.28. The van der Waals surface area contributed by atoms with Crippen molar-refractivity contribution >= 4 is 17.4 Å². The highest BCUT2D eigenvalue weighted by Gasteiger charge is 2.14. The predicted molar refractivity (Wildman–Crippen MR) is 59.9 cm³/mol. The number of carbonyl (C=O) groups excluding carboxylic acids is 2. The first-order valence-electron chi connectivity index (χ1n) is 4.93. The molecule has 0 atom stereocenters. The van der Waals surface area contributed by atoms with Crippen molar-refractivity contribution in [1.29, 1.82) is 0 Å². The van der Waals surface area contributed by atoms with Crippen LogP contribution in [-0.4, -0.2) is 18.7 Å². The first-order valence-corrected chi connectivity index (χ1v) is 4.93. The molecule has 3 heteroatoms. The minimum Gasteiger partial charge on any atom is -0.309 e. The van der Waals surface area contributed by atoms with Crippen LogP contribution in [0.15, 0.2) is 24.3 Å². The Kier molecular flexibility index (Phi) is 3.61. The Hall–Kier alpha value is -1.64. The molecule has 1 amide bonds. The van der Waals surface area contributed by atoms with Gasteiger partial charge in [-0.05, 0) is 24.1 Å². The van der Waals surface area contributed by atoms with E-state index in [0.29, 0.717) is 0 Å². The highest BCUT2D eigenvalue weighted by Crippen LogP contribution is 2.14. The predicted octanol–water partition coefficient (Wildman–Crippen LogP) is 1.80. The lowest BCUT2D eigenvalue weighted by Crippen LogP contribution is -2.31. The molecular weight excluding hydrogens is 190 g/mol. The minimum atomic E-state index is -0.487. The normalized spacial score (nSPS) is 9.80. The van der Waals surface area contributed by atoms with Crippen LogP contribution in [0.2, 0.25) is 0 Å². The van der Waals surface area contributed by atoms with E-state index < -0.39 is 11.7 Å². The number of hydrogen-bond donors (Lipinski definition) is 0. The van der Waals surface area contributed by atoms with Gasteiger partial charge in [-0.15, -0.1) is 0 Å². The fraction of sp³-hybridized carbons (Fsp3) is 0.333. The van der Waals surface area contributed by atoms with Gasteiger partial charge in [0.1, 0.15) is 0 Å². The van der Waals surface area contributed by atoms with Crippen molar-refractivity contribution in [3.63, 3.8) is 0 Å². The topological polar surface area (TPSA) is 37.4 Å². The summed E-state index contributed by atoms with van der Waals surface area (Å²) in [6.07, 6.45) is 0.963. The number of carbonyl (C=O) groups is 2. The summed E-state index contributed by atoms with van der Waals surface area (Å²) in [6.45, 7) is 3.35. The number of Topliss-reactive ketones (excluding diaryl/α,β-unsaturated/α-hetero) is 1. The van der Waals surface area contributed by atoms with E-state index in [1.807, 2.05) is 24.3 Å². The van der Waals surface area contributed by atoms with Gasteiger partial charge in [-0.2, -0.15) is 0 Å². The van der Waals surface area contributed by atoms with Crippen LogP contribution < -0.4 is 4.90 Å². The van der Waals surface area contributed by atoms with Crippen LogP contribution in [0.25, 0.3) is 0 Å². The van der Waals surface area contributed by atoms with Crippen molar-refractivity contribution in [2.45, 2.75) is 20.3 Å². The molecule has 0 spiro atoms. The van der Waals surface area contributed by atoms with Gasteiger partial charge in [-0.25, -0.2) is 0 Å². The molecule has 1 rings (SSSR count). The average molecular weight is 205 g/mol. The third-order valence-electron chi connectivity index (χ3n) is 2.34. The Morgan fingerprint density at radius 2 is 1.73 bits per heavy atom. The van der Waals surface area contributed by atoms with E-state index in [1.54, 1.807) is 7.05 Å². The standard InChI is InChI=1S/C12H15NO2/c1-4-10-5-7-11(8-6-10)13(3)12(15)9(2)14/h5-8H,4H2,1-3H3. The summed E-state index contributed by atoms with van der Waals surface area (Å²) in [5.41, 5.74) is 1.95. The second-order valence-corrected chi connectivity index (χ2v) is 3.44. The lowest BCUT2D eigenvalue weighted by atomic mass is 10.1. The first-order chi connectivity index (χ1) is 7.06. The molecule has 15 heavy (non-hydrogen) atoms. The Morgan fingerprint density at radius 3 is 2.13 bits per heavy atom. The van der Waals surface area contributed by atoms with Gasteiger partial charge >= 0.3 is 0 Å². The Labute approximate surface area is 89.7 Å². The molecule has 1 aromatic carbocycles. The number of ketones is 1. The van der Waals surface area contributed by atoms with Crippen LogP contribution in [0.3, 0.4) is 0 Å². The number of hydrogen-bond acceptors (Lipinski definition) is 2. The Bertz CT molecular complexity index is 368. The van der Waals surface area contributed by atoms with Gasteiger partial charge in [0.2, 0.25) is 5.78 Å². The van der Waals surface area contributed by atoms with E-state index in [4.69, 9.17) is 0 Å². The molecule has 0 bridgehead atoms. The summed E-state index contributed by atoms with van der Waals surface area (Å²) >= 11 is 0. The summed E-state index contributed by atoms with van der Waals surface area (Å²) in [7, 11) is 1.60. The number of rotatable bonds is 3. The zero-order chi connectivity index (χ0) is 11.4. The number of anilines is 1. The number of nitrogens with zero attached hydrogens (tertiary/aromatic N) is 1. The Balaban J connectivity index is 2.87. The number of benzene rings is 1. The lowest BCUT2D eigenvalue weighted by Gasteiger charge is -2.15. The molecule has 80 valence electrons. The molecule has 0 radical (unpaired) electrons. The highest BCUT2D eigenvalue weighted by molar-refractivity contribution is 6.40. The third-order valence-corrected chi connectivity index (χ3v) is 2.34. The van der Waals surface area contributed by atoms with Gasteiger partial charge in [-0.3, -0.25) is 9.59 Å². The molecule has 0 unspecified atom stereocenters. The van der Waals surface area contributed by atoms with Crippen LogP contribution >= 0.6 is 0 Å². The summed E-state index contributed by atoms with van der Waals surface area (Å²) in [4.78, 5) is 23.6. The molecule has 0 aliphatic carbocycles. The number of likely N-dealkylation sites (N-methyl/N-ethyl adjacent to an activating group) is 1. The molecule has 0 aliphatic rings. The highest BCUT2D eigenvalue weighted by atomic mass is 16.2. The molecule has 0 aromatic heterocycles. The Morgan fingerprint density at radius 1 is 1.20 bits per heavy atom. The van der Waals surface area contributed by atoms with E-state index in [0.717, 1.165) is 12.1 Å². The molecule has 0 saturated carbocycles. The minimum absolute atomic E-state index is 0.447. The quantitative estimate of drug-likeness (QED) is 0.706. The molecule has 0 N–H and O–H groups in total. The molecular formula is C12H15NO2. The second-order valence-electron chi connectivity index (χ2n) is 3.44. The van der Waals surface area contributed by atoms with Crippen molar-refractivity contribution in [1.82, 2.24) is 0 Å². The molecule has 0 aliphatic heterocycles. The van der Waals surface area contributed by atoms with Crippen LogP contribution in [0.5, 0.6) is 0 Å². The molecule has 0 saturated heterocycles. The van der Waals surface area contributed by atoms with Crippen molar-refractivity contribution in [2.75, 3.05) is 11.9 Å². The van der Waals surface area contributed by atoms with Crippen LogP contribution in [0.4, 0.5) is 5.69 Å². The molecule has 3 nitrogen and oxygen atoms in total. The van der Waals surface area contributed by atoms with Crippen molar-refractivity contribution in [3.05, 3.63) is 29.8 Å². The molecule has 0 fully saturated rings. The smallest absolute Gasteiger partial charge is 0.293 e. The lowest BCUT2D eigenvalue weighted by molar-refractivity contribution is -0.134. The summed E-state index contributed by atoms with van der Waals surface area (Å²) in [6, 6.07) is 7.61. The number of amides is 1. The SMILES string of the molecule is CCc1ccc(N(C)C(=O)C(C)=O)cc1. The van der Waals surface area contributed by atoms with E-state index in [2.05, 4.69) is 6.92 Å².